The van der Waals surface area contributed by atoms with Crippen LogP contribution < -0.4 is 5.32 Å². The number of hydrogen-bond acceptors (Lipinski definition) is 3. The second kappa shape index (κ2) is 4.18. The van der Waals surface area contributed by atoms with E-state index in [0.717, 1.165) is 18.9 Å². The van der Waals surface area contributed by atoms with Gasteiger partial charge in [-0.1, -0.05) is 6.92 Å². The molecule has 2 aliphatic heterocycles. The first-order valence-electron chi connectivity index (χ1n) is 6.28. The molecule has 16 heavy (non-hydrogen) atoms. The molecular weight excluding hydrogens is 200 g/mol. The van der Waals surface area contributed by atoms with Gasteiger partial charge in [-0.25, -0.2) is 4.98 Å². The van der Waals surface area contributed by atoms with Crippen molar-refractivity contribution in [3.8, 4) is 0 Å². The molecule has 1 saturated heterocycles. The van der Waals surface area contributed by atoms with Gasteiger partial charge in [0.1, 0.15) is 0 Å². The van der Waals surface area contributed by atoms with E-state index < -0.39 is 0 Å². The Morgan fingerprint density at radius 2 is 2.50 bits per heavy atom. The lowest BCUT2D eigenvalue weighted by Gasteiger charge is -2.27. The fourth-order valence-corrected chi connectivity index (χ4v) is 2.86. The Morgan fingerprint density at radius 1 is 1.56 bits per heavy atom. The van der Waals surface area contributed by atoms with E-state index in [0.29, 0.717) is 6.04 Å². The zero-order valence-electron chi connectivity index (χ0n) is 9.87. The van der Waals surface area contributed by atoms with Gasteiger partial charge in [-0.3, -0.25) is 0 Å². The van der Waals surface area contributed by atoms with Gasteiger partial charge in [0.25, 0.3) is 0 Å². The van der Waals surface area contributed by atoms with Gasteiger partial charge in [-0.15, -0.1) is 0 Å². The summed E-state index contributed by atoms with van der Waals surface area (Å²) in [7, 11) is 0. The number of rotatable bonds is 2. The number of aromatic nitrogens is 2. The largest absolute Gasteiger partial charge is 0.347 e. The lowest BCUT2D eigenvalue weighted by atomic mass is 10.1. The molecule has 1 fully saturated rings. The molecule has 0 spiro atoms. The molecule has 1 aromatic heterocycles. The summed E-state index contributed by atoms with van der Waals surface area (Å²) in [5.41, 5.74) is 2.53. The highest BCUT2D eigenvalue weighted by Gasteiger charge is 2.25. The van der Waals surface area contributed by atoms with Crippen LogP contribution in [0.5, 0.6) is 0 Å². The van der Waals surface area contributed by atoms with Crippen LogP contribution in [0.15, 0.2) is 6.33 Å². The minimum absolute atomic E-state index is 0.584. The number of nitrogens with one attached hydrogen (secondary N) is 2. The lowest BCUT2D eigenvalue weighted by Crippen LogP contribution is -2.44. The lowest BCUT2D eigenvalue weighted by molar-refractivity contribution is 0.274. The third kappa shape index (κ3) is 1.99. The van der Waals surface area contributed by atoms with E-state index in [1.54, 1.807) is 0 Å². The van der Waals surface area contributed by atoms with E-state index >= 15 is 0 Å². The van der Waals surface area contributed by atoms with Crippen molar-refractivity contribution >= 4 is 0 Å². The van der Waals surface area contributed by atoms with Crippen LogP contribution in [0.3, 0.4) is 0 Å². The summed E-state index contributed by atoms with van der Waals surface area (Å²) in [6.07, 6.45) is 4.25. The van der Waals surface area contributed by atoms with Crippen LogP contribution in [0, 0.1) is 5.92 Å². The summed E-state index contributed by atoms with van der Waals surface area (Å²) < 4.78 is 0. The first-order valence-corrected chi connectivity index (χ1v) is 6.28. The van der Waals surface area contributed by atoms with Crippen molar-refractivity contribution < 1.29 is 0 Å². The molecule has 0 aromatic carbocycles. The molecule has 0 amide bonds. The summed E-state index contributed by atoms with van der Waals surface area (Å²) in [6, 6.07) is 0.584. The average Bonchev–Trinajstić information content (AvgIpc) is 2.87. The van der Waals surface area contributed by atoms with Gasteiger partial charge >= 0.3 is 0 Å². The molecule has 2 atom stereocenters. The van der Waals surface area contributed by atoms with Crippen LogP contribution in [0.25, 0.3) is 0 Å². The van der Waals surface area contributed by atoms with Crippen molar-refractivity contribution in [2.75, 3.05) is 19.6 Å². The summed E-state index contributed by atoms with van der Waals surface area (Å²) in [4.78, 5) is 10.2. The van der Waals surface area contributed by atoms with E-state index in [1.165, 1.54) is 37.4 Å². The second-order valence-electron chi connectivity index (χ2n) is 5.26. The fraction of sp³-hybridized carbons (Fsp3) is 0.750. The molecule has 0 aliphatic carbocycles. The third-order valence-electron chi connectivity index (χ3n) is 3.80. The molecule has 0 radical (unpaired) electrons. The Labute approximate surface area is 96.4 Å². The number of fused-ring (bicyclic) bond motifs is 1. The first-order chi connectivity index (χ1) is 7.81. The molecule has 3 rings (SSSR count). The molecule has 2 unspecified atom stereocenters. The minimum Gasteiger partial charge on any atom is -0.347 e. The highest BCUT2D eigenvalue weighted by molar-refractivity contribution is 5.16. The van der Waals surface area contributed by atoms with E-state index in [1.807, 2.05) is 6.33 Å². The first kappa shape index (κ1) is 10.3. The number of H-pyrrole nitrogens is 1. The molecule has 2 aliphatic rings. The van der Waals surface area contributed by atoms with Crippen molar-refractivity contribution in [1.82, 2.24) is 20.2 Å². The molecule has 4 heteroatoms. The summed E-state index contributed by atoms with van der Waals surface area (Å²) in [5, 5.41) is 3.59. The van der Waals surface area contributed by atoms with Gasteiger partial charge in [0.15, 0.2) is 0 Å². The smallest absolute Gasteiger partial charge is 0.0925 e. The van der Waals surface area contributed by atoms with Gasteiger partial charge in [0, 0.05) is 32.1 Å². The van der Waals surface area contributed by atoms with Crippen LogP contribution in [0.1, 0.15) is 24.7 Å². The molecule has 0 saturated carbocycles. The Balaban J connectivity index is 1.58. The number of nitrogens with zero attached hydrogens (tertiary/aromatic N) is 2. The Morgan fingerprint density at radius 3 is 3.31 bits per heavy atom. The molecule has 1 aromatic rings. The van der Waals surface area contributed by atoms with E-state index in [9.17, 15) is 0 Å². The average molecular weight is 220 g/mol. The summed E-state index contributed by atoms with van der Waals surface area (Å²) in [5.74, 6) is 0.879. The van der Waals surface area contributed by atoms with Crippen LogP contribution in [0.4, 0.5) is 0 Å². The van der Waals surface area contributed by atoms with E-state index in [4.69, 9.17) is 0 Å². The standard InChI is InChI=1S/C12H20N4/c1-9-2-3-16(6-9)7-10-4-11-12(5-13-10)15-8-14-11/h8-10,13H,2-7H2,1H3,(H,14,15). The maximum Gasteiger partial charge on any atom is 0.0925 e. The molecule has 4 nitrogen and oxygen atoms in total. The molecule has 0 bridgehead atoms. The normalized spacial score (nSPS) is 30.6. The van der Waals surface area contributed by atoms with Crippen molar-refractivity contribution in [2.24, 2.45) is 5.92 Å². The predicted octanol–water partition coefficient (Wildman–Crippen LogP) is 0.766. The quantitative estimate of drug-likeness (QED) is 0.773. The van der Waals surface area contributed by atoms with Gasteiger partial charge in [0.05, 0.1) is 17.7 Å². The minimum atomic E-state index is 0.584. The Bertz CT molecular complexity index is 360. The number of imidazole rings is 1. The molecular formula is C12H20N4. The number of hydrogen-bond donors (Lipinski definition) is 2. The monoisotopic (exact) mass is 220 g/mol. The maximum absolute atomic E-state index is 4.38. The van der Waals surface area contributed by atoms with Gasteiger partial charge < -0.3 is 15.2 Å². The van der Waals surface area contributed by atoms with Crippen molar-refractivity contribution in [2.45, 2.75) is 32.4 Å². The molecule has 88 valence electrons. The summed E-state index contributed by atoms with van der Waals surface area (Å²) in [6.45, 7) is 7.01. The van der Waals surface area contributed by atoms with Crippen molar-refractivity contribution in [3.63, 3.8) is 0 Å². The number of aromatic amines is 1. The highest BCUT2D eigenvalue weighted by Crippen LogP contribution is 2.18. The fourth-order valence-electron chi connectivity index (χ4n) is 2.86. The molecule has 2 N–H and O–H groups in total. The van der Waals surface area contributed by atoms with Crippen LogP contribution in [-0.2, 0) is 13.0 Å². The SMILES string of the molecule is CC1CCN(CC2Cc3nc[nH]c3CN2)C1. The Hall–Kier alpha value is -0.870. The van der Waals surface area contributed by atoms with Crippen LogP contribution in [-0.4, -0.2) is 40.5 Å². The van der Waals surface area contributed by atoms with Crippen molar-refractivity contribution in [3.05, 3.63) is 17.7 Å². The van der Waals surface area contributed by atoms with Crippen molar-refractivity contribution in [1.29, 1.82) is 0 Å². The van der Waals surface area contributed by atoms with E-state index in [-0.39, 0.29) is 0 Å². The summed E-state index contributed by atoms with van der Waals surface area (Å²) >= 11 is 0. The van der Waals surface area contributed by atoms with Gasteiger partial charge in [-0.2, -0.15) is 0 Å². The van der Waals surface area contributed by atoms with Crippen LogP contribution in [0.2, 0.25) is 0 Å². The maximum atomic E-state index is 4.38. The topological polar surface area (TPSA) is 44.0 Å². The zero-order valence-corrected chi connectivity index (χ0v) is 9.87. The van der Waals surface area contributed by atoms with Gasteiger partial charge in [0.2, 0.25) is 0 Å². The predicted molar refractivity (Wildman–Crippen MR) is 63.1 cm³/mol. The highest BCUT2D eigenvalue weighted by atomic mass is 15.2. The third-order valence-corrected chi connectivity index (χ3v) is 3.80. The Kier molecular flexibility index (Phi) is 2.69. The molecule has 3 heterocycles. The van der Waals surface area contributed by atoms with E-state index in [2.05, 4.69) is 27.1 Å². The van der Waals surface area contributed by atoms with Gasteiger partial charge in [-0.05, 0) is 18.9 Å². The van der Waals surface area contributed by atoms with Crippen LogP contribution >= 0.6 is 0 Å². The zero-order chi connectivity index (χ0) is 11.0. The number of likely N-dealkylation sites (tertiary alicyclic amines) is 1. The second-order valence-corrected chi connectivity index (χ2v) is 5.26.